The van der Waals surface area contributed by atoms with Crippen LogP contribution in [0.3, 0.4) is 0 Å². The first-order chi connectivity index (χ1) is 19.8. The Hall–Kier alpha value is -3.72. The molecule has 226 valence electrons. The van der Waals surface area contributed by atoms with Crippen LogP contribution in [0, 0.1) is 23.8 Å². The van der Waals surface area contributed by atoms with Gasteiger partial charge in [0.25, 0.3) is 5.91 Å². The van der Waals surface area contributed by atoms with E-state index in [1.54, 1.807) is 12.3 Å². The average Bonchev–Trinajstić information content (AvgIpc) is 3.51. The summed E-state index contributed by atoms with van der Waals surface area (Å²) < 4.78 is 36.0. The van der Waals surface area contributed by atoms with E-state index in [-0.39, 0.29) is 22.0 Å². The lowest BCUT2D eigenvalue weighted by Crippen LogP contribution is -2.45. The summed E-state index contributed by atoms with van der Waals surface area (Å²) in [6.45, 7) is 5.87. The highest BCUT2D eigenvalue weighted by Crippen LogP contribution is 2.45. The molecular formula is C28H32F2N4O7S. The number of carbonyl (C=O) groups excluding carboxylic acids is 1. The van der Waals surface area contributed by atoms with Crippen molar-refractivity contribution in [2.75, 3.05) is 19.7 Å². The van der Waals surface area contributed by atoms with Crippen LogP contribution in [-0.2, 0) is 32.9 Å². The molecule has 14 heteroatoms. The zero-order valence-corrected chi connectivity index (χ0v) is 23.9. The normalized spacial score (nSPS) is 17.5. The van der Waals surface area contributed by atoms with Crippen LogP contribution in [0.15, 0.2) is 30.5 Å². The second-order valence-electron chi connectivity index (χ2n) is 10.4. The number of piperidine rings is 1. The van der Waals surface area contributed by atoms with Gasteiger partial charge in [-0.15, -0.1) is 11.3 Å². The molecular weight excluding hydrogens is 574 g/mol. The van der Waals surface area contributed by atoms with E-state index in [2.05, 4.69) is 10.00 Å². The predicted octanol–water partition coefficient (Wildman–Crippen LogP) is 2.84. The van der Waals surface area contributed by atoms with E-state index in [4.69, 9.17) is 25.8 Å². The number of para-hydroxylation sites is 1. The molecule has 1 spiro atoms. The molecule has 0 aliphatic carbocycles. The molecule has 1 saturated heterocycles. The smallest absolute Gasteiger partial charge is 0.333 e. The monoisotopic (exact) mass is 606 g/mol. The second-order valence-corrected chi connectivity index (χ2v) is 11.4. The van der Waals surface area contributed by atoms with Gasteiger partial charge in [-0.3, -0.25) is 14.5 Å². The second kappa shape index (κ2) is 12.7. The van der Waals surface area contributed by atoms with Crippen molar-refractivity contribution in [1.29, 1.82) is 0 Å². The van der Waals surface area contributed by atoms with E-state index in [9.17, 15) is 23.2 Å². The van der Waals surface area contributed by atoms with Gasteiger partial charge in [0, 0.05) is 36.3 Å². The fraction of sp³-hybridized carbons (Fsp3) is 0.429. The van der Waals surface area contributed by atoms with Crippen LogP contribution in [0.4, 0.5) is 8.78 Å². The van der Waals surface area contributed by atoms with Gasteiger partial charge in [0.05, 0.1) is 23.8 Å². The number of likely N-dealkylation sites (tertiary alicyclic amines) is 1. The van der Waals surface area contributed by atoms with Crippen molar-refractivity contribution in [2.45, 2.75) is 51.4 Å². The van der Waals surface area contributed by atoms with E-state index < -0.39 is 35.7 Å². The number of nitrogens with two attached hydrogens (primary N) is 1. The molecule has 1 aromatic carbocycles. The third-order valence-electron chi connectivity index (χ3n) is 7.60. The SMILES string of the molecule is C[C@@H](C(=O)O)[C@@H](O)C(=O)O.Cc1nn(-c2c(F)cccc2C(N)=O)cc1CN1CCC2(CC1)OCCc1cc(F)sc12. The minimum atomic E-state index is -1.82. The maximum absolute atomic E-state index is 14.5. The zero-order chi connectivity index (χ0) is 30.8. The largest absolute Gasteiger partial charge is 0.481 e. The van der Waals surface area contributed by atoms with Gasteiger partial charge in [-0.25, -0.2) is 13.9 Å². The first-order valence-corrected chi connectivity index (χ1v) is 14.1. The maximum Gasteiger partial charge on any atom is 0.333 e. The molecule has 5 N–H and O–H groups in total. The minimum absolute atomic E-state index is 0.0646. The lowest BCUT2D eigenvalue weighted by Gasteiger charge is -2.43. The van der Waals surface area contributed by atoms with Crippen LogP contribution >= 0.6 is 11.3 Å². The number of amides is 1. The summed E-state index contributed by atoms with van der Waals surface area (Å²) in [5.74, 6) is -5.36. The number of carbonyl (C=O) groups is 3. The highest BCUT2D eigenvalue weighted by molar-refractivity contribution is 7.10. The maximum atomic E-state index is 14.5. The van der Waals surface area contributed by atoms with Gasteiger partial charge in [0.1, 0.15) is 17.1 Å². The minimum Gasteiger partial charge on any atom is -0.481 e. The molecule has 11 nitrogen and oxygen atoms in total. The van der Waals surface area contributed by atoms with E-state index in [0.29, 0.717) is 13.2 Å². The van der Waals surface area contributed by atoms with Gasteiger partial charge in [0.2, 0.25) is 0 Å². The van der Waals surface area contributed by atoms with Gasteiger partial charge in [-0.05, 0) is 56.9 Å². The van der Waals surface area contributed by atoms with Crippen molar-refractivity contribution >= 4 is 29.2 Å². The Morgan fingerprint density at radius 3 is 2.48 bits per heavy atom. The third-order valence-corrected chi connectivity index (χ3v) is 8.75. The van der Waals surface area contributed by atoms with Crippen LogP contribution in [0.2, 0.25) is 0 Å². The molecule has 0 radical (unpaired) electrons. The number of rotatable bonds is 7. The molecule has 2 aliphatic rings. The van der Waals surface area contributed by atoms with Crippen molar-refractivity contribution in [3.05, 3.63) is 68.7 Å². The number of aliphatic hydroxyl groups is 1. The molecule has 2 aromatic heterocycles. The number of aromatic nitrogens is 2. The Morgan fingerprint density at radius 2 is 1.88 bits per heavy atom. The van der Waals surface area contributed by atoms with Crippen LogP contribution in [0.5, 0.6) is 0 Å². The van der Waals surface area contributed by atoms with E-state index in [0.717, 1.165) is 61.0 Å². The van der Waals surface area contributed by atoms with Crippen molar-refractivity contribution in [3.63, 3.8) is 0 Å². The Balaban J connectivity index is 0.000000349. The van der Waals surface area contributed by atoms with Crippen molar-refractivity contribution in [3.8, 4) is 5.69 Å². The van der Waals surface area contributed by atoms with Gasteiger partial charge in [-0.2, -0.15) is 9.49 Å². The number of nitrogens with zero attached hydrogens (tertiary/aromatic N) is 3. The Kier molecular flexibility index (Phi) is 9.40. The number of aliphatic hydroxyl groups excluding tert-OH is 1. The quantitative estimate of drug-likeness (QED) is 0.316. The number of primary amides is 1. The van der Waals surface area contributed by atoms with Crippen LogP contribution < -0.4 is 5.73 Å². The van der Waals surface area contributed by atoms with Gasteiger partial charge in [0.15, 0.2) is 11.2 Å². The number of benzene rings is 1. The molecule has 1 fully saturated rings. The number of hydrogen-bond acceptors (Lipinski definition) is 8. The highest BCUT2D eigenvalue weighted by Gasteiger charge is 2.42. The van der Waals surface area contributed by atoms with Gasteiger partial charge in [-0.1, -0.05) is 6.07 Å². The Labute approximate surface area is 244 Å². The lowest BCUT2D eigenvalue weighted by atomic mass is 9.85. The topological polar surface area (TPSA) is 168 Å². The van der Waals surface area contributed by atoms with E-state index >= 15 is 0 Å². The average molecular weight is 607 g/mol. The van der Waals surface area contributed by atoms with Gasteiger partial charge >= 0.3 is 11.9 Å². The molecule has 0 saturated carbocycles. The summed E-state index contributed by atoms with van der Waals surface area (Å²) in [5.41, 5.74) is 8.00. The fourth-order valence-electron chi connectivity index (χ4n) is 5.13. The van der Waals surface area contributed by atoms with Crippen LogP contribution in [0.25, 0.3) is 5.69 Å². The Morgan fingerprint density at radius 1 is 1.19 bits per heavy atom. The fourth-order valence-corrected chi connectivity index (χ4v) is 6.27. The number of halogens is 2. The van der Waals surface area contributed by atoms with E-state index in [1.807, 2.05) is 6.92 Å². The summed E-state index contributed by atoms with van der Waals surface area (Å²) in [4.78, 5) is 35.1. The molecule has 4 heterocycles. The summed E-state index contributed by atoms with van der Waals surface area (Å²) >= 11 is 1.21. The number of ether oxygens (including phenoxy) is 1. The summed E-state index contributed by atoms with van der Waals surface area (Å²) in [6, 6.07) is 5.89. The van der Waals surface area contributed by atoms with Crippen LogP contribution in [0.1, 0.15) is 51.8 Å². The molecule has 0 unspecified atom stereocenters. The lowest BCUT2D eigenvalue weighted by molar-refractivity contribution is -0.158. The molecule has 1 amide bonds. The van der Waals surface area contributed by atoms with Crippen molar-refractivity contribution < 1.29 is 43.2 Å². The number of aryl methyl sites for hydroxylation is 1. The number of hydrogen-bond donors (Lipinski definition) is 4. The van der Waals surface area contributed by atoms with Gasteiger partial charge < -0.3 is 25.8 Å². The summed E-state index contributed by atoms with van der Waals surface area (Å²) in [5, 5.41) is 29.1. The molecule has 3 aromatic rings. The van der Waals surface area contributed by atoms with E-state index in [1.165, 1.54) is 34.2 Å². The number of carboxylic acids is 2. The predicted molar refractivity (Wildman–Crippen MR) is 147 cm³/mol. The first kappa shape index (κ1) is 31.2. The Bertz CT molecular complexity index is 1460. The molecule has 0 bridgehead atoms. The molecule has 2 atom stereocenters. The first-order valence-electron chi connectivity index (χ1n) is 13.3. The number of aliphatic carboxylic acids is 2. The highest BCUT2D eigenvalue weighted by atomic mass is 32.1. The molecule has 42 heavy (non-hydrogen) atoms. The standard InChI is InChI=1S/C23H24F2N4O2S.C5H8O5/c1-14-16(13-29(27-14)20-17(22(26)30)3-2-4-18(20)24)12-28-8-6-23(7-9-28)21-15(5-10-31-23)11-19(25)32-21;1-2(4(7)8)3(6)5(9)10/h2-4,11,13H,5-10,12H2,1H3,(H2,26,30);2-3,6H,1H3,(H,7,8)(H,9,10)/t;2-,3-/m.1/s1. The third kappa shape index (κ3) is 6.51. The van der Waals surface area contributed by atoms with Crippen molar-refractivity contribution in [1.82, 2.24) is 14.7 Å². The van der Waals surface area contributed by atoms with Crippen LogP contribution in [-0.4, -0.2) is 73.6 Å². The summed E-state index contributed by atoms with van der Waals surface area (Å²) in [6.07, 6.45) is 2.30. The van der Waals surface area contributed by atoms with Crippen molar-refractivity contribution in [2.24, 2.45) is 11.7 Å². The zero-order valence-electron chi connectivity index (χ0n) is 23.0. The molecule has 2 aliphatic heterocycles. The summed E-state index contributed by atoms with van der Waals surface area (Å²) in [7, 11) is 0. The number of carboxylic acid groups (broad SMARTS) is 2. The number of thiophene rings is 1. The molecule has 5 rings (SSSR count). The number of fused-ring (bicyclic) bond motifs is 2.